The quantitative estimate of drug-likeness (QED) is 0.0247. The topological polar surface area (TPSA) is 312 Å². The fourth-order valence-corrected chi connectivity index (χ4v) is 8.57. The Labute approximate surface area is 513 Å². The third kappa shape index (κ3) is 21.2. The van der Waals surface area contributed by atoms with E-state index < -0.39 is 17.9 Å². The number of hydrogen-bond acceptors (Lipinski definition) is 18. The van der Waals surface area contributed by atoms with Crippen molar-refractivity contribution in [3.63, 3.8) is 0 Å². The Hall–Kier alpha value is -9.26. The van der Waals surface area contributed by atoms with Gasteiger partial charge in [-0.15, -0.1) is 0 Å². The van der Waals surface area contributed by atoms with Gasteiger partial charge >= 0.3 is 6.09 Å². The maximum Gasteiger partial charge on any atom is 0.411 e. The Morgan fingerprint density at radius 3 is 1.62 bits per heavy atom. The monoisotopic (exact) mass is 1230 g/mol. The first-order chi connectivity index (χ1) is 43.4. The van der Waals surface area contributed by atoms with Gasteiger partial charge in [-0.1, -0.05) is 30.3 Å². The smallest absolute Gasteiger partial charge is 0.411 e. The highest BCUT2D eigenvalue weighted by atomic mass is 16.6. The van der Waals surface area contributed by atoms with Crippen LogP contribution in [-0.4, -0.2) is 187 Å². The van der Waals surface area contributed by atoms with Gasteiger partial charge in [0, 0.05) is 77.0 Å². The minimum atomic E-state index is -0.569. The first-order valence-corrected chi connectivity index (χ1v) is 28.7. The second kappa shape index (κ2) is 34.9. The average molecular weight is 1230 g/mol. The molecule has 28 heteroatoms. The predicted octanol–water partition coefficient (Wildman–Crippen LogP) is 5.82. The van der Waals surface area contributed by atoms with Gasteiger partial charge in [-0.25, -0.2) is 19.7 Å². The summed E-state index contributed by atoms with van der Waals surface area (Å²) >= 11 is 0. The number of anilines is 4. The lowest BCUT2D eigenvalue weighted by molar-refractivity contribution is -0.0235. The highest BCUT2D eigenvalue weighted by molar-refractivity contribution is 6.08. The molecule has 0 saturated carbocycles. The van der Waals surface area contributed by atoms with E-state index in [0.29, 0.717) is 162 Å². The number of nitrogens with zero attached hydrogens (tertiary/aromatic N) is 7. The van der Waals surface area contributed by atoms with Gasteiger partial charge in [-0.3, -0.25) is 24.5 Å². The minimum absolute atomic E-state index is 0.00470. The Morgan fingerprint density at radius 1 is 0.494 bits per heavy atom. The van der Waals surface area contributed by atoms with Gasteiger partial charge in [0.15, 0.2) is 17.5 Å². The van der Waals surface area contributed by atoms with Crippen molar-refractivity contribution in [1.82, 2.24) is 43.5 Å². The fourth-order valence-electron chi connectivity index (χ4n) is 8.57. The number of fused-ring (bicyclic) bond motifs is 1. The van der Waals surface area contributed by atoms with Crippen LogP contribution in [0.3, 0.4) is 0 Å². The number of imidazole rings is 3. The second-order valence-corrected chi connectivity index (χ2v) is 19.8. The number of aromatic nitrogens is 8. The standard InChI is InChI=1S/C61H75N13O15/c1-71-18-16-62-55(71)54-67-49-15-10-44(36-50(49)68-54)57(75)64-46-38-52(73(3)39-46)59(77)70-53-41-74(4)56(69-53)60(78)65-47-37-51(72(2)40-47)58(76)63-17-19-80-20-21-81-22-23-82-24-25-83-26-27-84-28-29-85-30-31-86-32-33-87-34-35-88-48-13-11-45(12-14-48)66-61(79)89-42-43-8-6-5-7-9-43/h5-16,18,36-41H,17,19-35,42H2,1-4H3,(H,63,76)(H,64,75)(H,65,78)(H,66,79)(H,67,68)(H,70,77). The summed E-state index contributed by atoms with van der Waals surface area (Å²) in [4.78, 5) is 81.5. The molecule has 474 valence electrons. The van der Waals surface area contributed by atoms with Gasteiger partial charge < -0.3 is 91.9 Å². The summed E-state index contributed by atoms with van der Waals surface area (Å²) in [6.07, 6.45) is 7.67. The summed E-state index contributed by atoms with van der Waals surface area (Å²) in [5, 5.41) is 13.8. The van der Waals surface area contributed by atoms with E-state index in [1.807, 2.05) is 48.1 Å². The summed E-state index contributed by atoms with van der Waals surface area (Å²) < 4.78 is 61.8. The molecule has 5 heterocycles. The number of benzene rings is 3. The van der Waals surface area contributed by atoms with Crippen LogP contribution in [0, 0.1) is 0 Å². The van der Waals surface area contributed by atoms with Crippen LogP contribution < -0.4 is 31.3 Å². The van der Waals surface area contributed by atoms with Crippen molar-refractivity contribution in [2.45, 2.75) is 6.61 Å². The normalized spacial score (nSPS) is 11.2. The molecular weight excluding hydrogens is 1150 g/mol. The lowest BCUT2D eigenvalue weighted by Gasteiger charge is -2.10. The number of H-pyrrole nitrogens is 1. The third-order valence-electron chi connectivity index (χ3n) is 13.0. The number of aryl methyl sites for hydroxylation is 4. The van der Waals surface area contributed by atoms with Crippen molar-refractivity contribution in [3.8, 4) is 17.4 Å². The molecule has 0 bridgehead atoms. The molecule has 0 fully saturated rings. The van der Waals surface area contributed by atoms with Gasteiger partial charge in [0.25, 0.3) is 23.6 Å². The molecule has 8 rings (SSSR count). The highest BCUT2D eigenvalue weighted by Gasteiger charge is 2.21. The summed E-state index contributed by atoms with van der Waals surface area (Å²) in [6, 6.07) is 24.6. The van der Waals surface area contributed by atoms with E-state index in [-0.39, 0.29) is 48.9 Å². The lowest BCUT2D eigenvalue weighted by Crippen LogP contribution is -2.29. The van der Waals surface area contributed by atoms with Crippen LogP contribution in [0.2, 0.25) is 0 Å². The fraction of sp³-hybridized carbons (Fsp3) is 0.377. The molecule has 0 saturated heterocycles. The van der Waals surface area contributed by atoms with Crippen LogP contribution in [-0.2, 0) is 77.4 Å². The molecule has 28 nitrogen and oxygen atoms in total. The molecule has 6 N–H and O–H groups in total. The molecule has 5 amide bonds. The van der Waals surface area contributed by atoms with Crippen molar-refractivity contribution in [1.29, 1.82) is 0 Å². The Kier molecular flexibility index (Phi) is 25.8. The number of nitrogens with one attached hydrogen (secondary N) is 6. The van der Waals surface area contributed by atoms with Gasteiger partial charge in [0.1, 0.15) is 30.4 Å². The number of amides is 5. The molecule has 0 radical (unpaired) electrons. The van der Waals surface area contributed by atoms with Gasteiger partial charge in [-0.2, -0.15) is 0 Å². The lowest BCUT2D eigenvalue weighted by atomic mass is 10.2. The van der Waals surface area contributed by atoms with Crippen LogP contribution in [0.25, 0.3) is 22.7 Å². The molecule has 0 aliphatic carbocycles. The summed E-state index contributed by atoms with van der Waals surface area (Å²) in [6.45, 7) is 7.28. The van der Waals surface area contributed by atoms with Gasteiger partial charge in [0.2, 0.25) is 5.82 Å². The van der Waals surface area contributed by atoms with E-state index in [1.54, 1.807) is 91.3 Å². The maximum atomic E-state index is 13.4. The van der Waals surface area contributed by atoms with Crippen molar-refractivity contribution in [3.05, 3.63) is 144 Å². The van der Waals surface area contributed by atoms with E-state index in [0.717, 1.165) is 5.56 Å². The molecule has 0 aliphatic heterocycles. The first-order valence-electron chi connectivity index (χ1n) is 28.7. The van der Waals surface area contributed by atoms with Crippen molar-refractivity contribution >= 4 is 63.6 Å². The molecule has 89 heavy (non-hydrogen) atoms. The molecule has 0 spiro atoms. The van der Waals surface area contributed by atoms with Gasteiger partial charge in [0.05, 0.1) is 128 Å². The molecule has 5 aromatic heterocycles. The van der Waals surface area contributed by atoms with E-state index in [2.05, 4.69) is 46.5 Å². The van der Waals surface area contributed by atoms with Crippen LogP contribution in [0.5, 0.6) is 5.75 Å². The molecular formula is C61H75N13O15. The number of carbonyl (C=O) groups is 5. The van der Waals surface area contributed by atoms with Crippen molar-refractivity contribution in [2.24, 2.45) is 28.2 Å². The molecule has 0 atom stereocenters. The number of aromatic amines is 1. The second-order valence-electron chi connectivity index (χ2n) is 19.8. The Bertz CT molecular complexity index is 3520. The number of hydrogen-bond donors (Lipinski definition) is 6. The van der Waals surface area contributed by atoms with E-state index >= 15 is 0 Å². The number of carbonyl (C=O) groups excluding carboxylic acids is 5. The van der Waals surface area contributed by atoms with E-state index in [1.165, 1.54) is 22.9 Å². The van der Waals surface area contributed by atoms with Crippen molar-refractivity contribution in [2.75, 3.05) is 140 Å². The molecule has 0 unspecified atom stereocenters. The summed E-state index contributed by atoms with van der Waals surface area (Å²) in [5.74, 6) is 0.181. The number of rotatable bonds is 39. The minimum Gasteiger partial charge on any atom is -0.491 e. The Morgan fingerprint density at radius 2 is 1.04 bits per heavy atom. The Balaban J connectivity index is 0.572. The van der Waals surface area contributed by atoms with Crippen LogP contribution in [0.4, 0.5) is 27.7 Å². The van der Waals surface area contributed by atoms with Crippen LogP contribution >= 0.6 is 0 Å². The molecule has 8 aromatic rings. The molecule has 3 aromatic carbocycles. The van der Waals surface area contributed by atoms with Gasteiger partial charge in [-0.05, 0) is 60.2 Å². The summed E-state index contributed by atoms with van der Waals surface area (Å²) in [7, 11) is 6.82. The third-order valence-corrected chi connectivity index (χ3v) is 13.0. The first kappa shape index (κ1) is 65.7. The number of ether oxygens (including phenoxy) is 10. The zero-order chi connectivity index (χ0) is 62.6. The largest absolute Gasteiger partial charge is 0.491 e. The molecule has 0 aliphatic rings. The van der Waals surface area contributed by atoms with Crippen LogP contribution in [0.15, 0.2) is 116 Å². The van der Waals surface area contributed by atoms with Crippen molar-refractivity contribution < 1.29 is 71.3 Å². The zero-order valence-corrected chi connectivity index (χ0v) is 50.2. The van der Waals surface area contributed by atoms with E-state index in [9.17, 15) is 24.0 Å². The van der Waals surface area contributed by atoms with E-state index in [4.69, 9.17) is 47.4 Å². The SMILES string of the molecule is Cn1cc(NC(=O)c2nc(NC(=O)c3cc(NC(=O)c4ccc5nc(-c6nccn6C)[nH]c5c4)cn3C)cn2C)cc1C(=O)NCCOCCOCCOCCOCCOCCOCCOCCOCCOc1ccc(NC(=O)OCc2ccccc2)cc1. The van der Waals surface area contributed by atoms with Crippen LogP contribution in [0.1, 0.15) is 47.5 Å². The highest BCUT2D eigenvalue weighted by Crippen LogP contribution is 2.23. The predicted molar refractivity (Wildman–Crippen MR) is 327 cm³/mol. The zero-order valence-electron chi connectivity index (χ0n) is 50.2. The maximum absolute atomic E-state index is 13.4. The average Bonchev–Trinajstić information content (AvgIpc) is 2.02. The summed E-state index contributed by atoms with van der Waals surface area (Å²) in [5.41, 5.74) is 4.52.